The van der Waals surface area contributed by atoms with Crippen molar-refractivity contribution in [1.29, 1.82) is 0 Å². The highest BCUT2D eigenvalue weighted by Crippen LogP contribution is 2.23. The van der Waals surface area contributed by atoms with Crippen LogP contribution in [0.4, 0.5) is 15.8 Å². The topological polar surface area (TPSA) is 110 Å². The Labute approximate surface area is 168 Å². The van der Waals surface area contributed by atoms with Gasteiger partial charge in [-0.2, -0.15) is 0 Å². The summed E-state index contributed by atoms with van der Waals surface area (Å²) in [6.07, 6.45) is 1.28. The van der Waals surface area contributed by atoms with Gasteiger partial charge in [0, 0.05) is 25.1 Å². The van der Waals surface area contributed by atoms with Gasteiger partial charge in [0.2, 0.25) is 15.9 Å². The highest BCUT2D eigenvalue weighted by molar-refractivity contribution is 7.92. The first-order valence-corrected chi connectivity index (χ1v) is 10.7. The molecule has 0 bridgehead atoms. The van der Waals surface area contributed by atoms with E-state index in [1.165, 1.54) is 36.4 Å². The number of rotatable bonds is 9. The van der Waals surface area contributed by atoms with Gasteiger partial charge in [-0.3, -0.25) is 19.2 Å². The van der Waals surface area contributed by atoms with Gasteiger partial charge in [-0.1, -0.05) is 18.2 Å². The summed E-state index contributed by atoms with van der Waals surface area (Å²) >= 11 is 0. The molecule has 1 amide bonds. The van der Waals surface area contributed by atoms with Crippen molar-refractivity contribution >= 4 is 27.3 Å². The lowest BCUT2D eigenvalue weighted by Gasteiger charge is -2.22. The standard InChI is InChI=1S/C19H22FN3O5S/c1-14(15-8-10-16(20)11-9-15)21-19(24)7-4-12-22(29(2,27)28)17-5-3-6-18(13-17)23(25)26/h3,5-6,8-11,13-14H,4,7,12H2,1-2H3,(H,21,24). The molecule has 1 atom stereocenters. The van der Waals surface area contributed by atoms with Crippen molar-refractivity contribution < 1.29 is 22.5 Å². The van der Waals surface area contributed by atoms with Gasteiger partial charge in [0.1, 0.15) is 5.82 Å². The number of amides is 1. The Balaban J connectivity index is 1.98. The van der Waals surface area contributed by atoms with Gasteiger partial charge in [0.15, 0.2) is 0 Å². The molecule has 0 heterocycles. The summed E-state index contributed by atoms with van der Waals surface area (Å²) in [5, 5.41) is 13.7. The second-order valence-electron chi connectivity index (χ2n) is 6.56. The number of hydrogen-bond acceptors (Lipinski definition) is 5. The molecule has 0 spiro atoms. The van der Waals surface area contributed by atoms with E-state index in [1.807, 2.05) is 0 Å². The normalized spacial score (nSPS) is 12.2. The minimum Gasteiger partial charge on any atom is -0.350 e. The van der Waals surface area contributed by atoms with Gasteiger partial charge in [0.25, 0.3) is 5.69 Å². The third kappa shape index (κ3) is 6.53. The number of non-ortho nitro benzene ring substituents is 1. The van der Waals surface area contributed by atoms with E-state index in [4.69, 9.17) is 0 Å². The fraction of sp³-hybridized carbons (Fsp3) is 0.316. The first-order valence-electron chi connectivity index (χ1n) is 8.85. The zero-order valence-corrected chi connectivity index (χ0v) is 16.9. The second kappa shape index (κ2) is 9.46. The highest BCUT2D eigenvalue weighted by Gasteiger charge is 2.20. The summed E-state index contributed by atoms with van der Waals surface area (Å²) in [6.45, 7) is 1.76. The van der Waals surface area contributed by atoms with Crippen molar-refractivity contribution in [3.05, 3.63) is 70.0 Å². The van der Waals surface area contributed by atoms with Crippen molar-refractivity contribution in [3.63, 3.8) is 0 Å². The van der Waals surface area contributed by atoms with Crippen LogP contribution in [-0.4, -0.2) is 32.0 Å². The number of sulfonamides is 1. The summed E-state index contributed by atoms with van der Waals surface area (Å²) in [6, 6.07) is 10.8. The monoisotopic (exact) mass is 423 g/mol. The highest BCUT2D eigenvalue weighted by atomic mass is 32.2. The van der Waals surface area contributed by atoms with E-state index in [2.05, 4.69) is 5.32 Å². The molecule has 1 unspecified atom stereocenters. The molecule has 0 aliphatic rings. The number of nitro groups is 1. The van der Waals surface area contributed by atoms with Gasteiger partial charge >= 0.3 is 0 Å². The van der Waals surface area contributed by atoms with E-state index in [9.17, 15) is 27.7 Å². The van der Waals surface area contributed by atoms with E-state index in [1.54, 1.807) is 19.1 Å². The maximum absolute atomic E-state index is 13.0. The average Bonchev–Trinajstić information content (AvgIpc) is 2.64. The van der Waals surface area contributed by atoms with Gasteiger partial charge in [-0.25, -0.2) is 12.8 Å². The predicted molar refractivity (Wildman–Crippen MR) is 107 cm³/mol. The van der Waals surface area contributed by atoms with Crippen molar-refractivity contribution in [2.75, 3.05) is 17.1 Å². The molecule has 156 valence electrons. The molecule has 2 aromatic rings. The molecule has 8 nitrogen and oxygen atoms in total. The Morgan fingerprint density at radius 3 is 2.48 bits per heavy atom. The molecule has 0 aliphatic carbocycles. The van der Waals surface area contributed by atoms with Crippen LogP contribution in [0.25, 0.3) is 0 Å². The van der Waals surface area contributed by atoms with Crippen molar-refractivity contribution in [1.82, 2.24) is 5.32 Å². The molecule has 0 fully saturated rings. The van der Waals surface area contributed by atoms with Crippen LogP contribution in [-0.2, 0) is 14.8 Å². The zero-order valence-electron chi connectivity index (χ0n) is 16.0. The van der Waals surface area contributed by atoms with E-state index < -0.39 is 14.9 Å². The lowest BCUT2D eigenvalue weighted by Crippen LogP contribution is -2.32. The molecule has 0 saturated heterocycles. The Kier molecular flexibility index (Phi) is 7.27. The minimum absolute atomic E-state index is 0.00164. The fourth-order valence-corrected chi connectivity index (χ4v) is 3.74. The Bertz CT molecular complexity index is 980. The second-order valence-corrected chi connectivity index (χ2v) is 8.46. The smallest absolute Gasteiger partial charge is 0.271 e. The van der Waals surface area contributed by atoms with Crippen LogP contribution in [0, 0.1) is 15.9 Å². The van der Waals surface area contributed by atoms with Crippen molar-refractivity contribution in [3.8, 4) is 0 Å². The molecule has 29 heavy (non-hydrogen) atoms. The number of hydrogen-bond donors (Lipinski definition) is 1. The van der Waals surface area contributed by atoms with Gasteiger partial charge in [-0.05, 0) is 37.1 Å². The molecule has 0 radical (unpaired) electrons. The van der Waals surface area contributed by atoms with Gasteiger partial charge < -0.3 is 5.32 Å². The lowest BCUT2D eigenvalue weighted by atomic mass is 10.1. The molecule has 0 aromatic heterocycles. The van der Waals surface area contributed by atoms with Crippen LogP contribution in [0.15, 0.2) is 48.5 Å². The number of benzene rings is 2. The number of nitrogens with zero attached hydrogens (tertiary/aromatic N) is 2. The first kappa shape index (κ1) is 22.3. The maximum Gasteiger partial charge on any atom is 0.271 e. The SMILES string of the molecule is CC(NC(=O)CCCN(c1cccc([N+](=O)[O-])c1)S(C)(=O)=O)c1ccc(F)cc1. The first-order chi connectivity index (χ1) is 13.6. The number of nitrogens with one attached hydrogen (secondary N) is 1. The summed E-state index contributed by atoms with van der Waals surface area (Å²) < 4.78 is 38.2. The van der Waals surface area contributed by atoms with Crippen LogP contribution < -0.4 is 9.62 Å². The van der Waals surface area contributed by atoms with E-state index in [-0.39, 0.29) is 48.5 Å². The number of halogens is 1. The van der Waals surface area contributed by atoms with E-state index >= 15 is 0 Å². The summed E-state index contributed by atoms with van der Waals surface area (Å²) in [5.74, 6) is -0.649. The van der Waals surface area contributed by atoms with Crippen molar-refractivity contribution in [2.24, 2.45) is 0 Å². The Hall–Kier alpha value is -3.01. The maximum atomic E-state index is 13.0. The van der Waals surface area contributed by atoms with E-state index in [0.29, 0.717) is 0 Å². The third-order valence-electron chi connectivity index (χ3n) is 4.24. The van der Waals surface area contributed by atoms with Crippen LogP contribution in [0.5, 0.6) is 0 Å². The summed E-state index contributed by atoms with van der Waals surface area (Å²) in [4.78, 5) is 22.5. The Morgan fingerprint density at radius 1 is 1.24 bits per heavy atom. The van der Waals surface area contributed by atoms with Gasteiger partial charge in [0.05, 0.1) is 22.9 Å². The van der Waals surface area contributed by atoms with Crippen LogP contribution in [0.3, 0.4) is 0 Å². The summed E-state index contributed by atoms with van der Waals surface area (Å²) in [5.41, 5.74) is 0.693. The largest absolute Gasteiger partial charge is 0.350 e. The molecule has 0 saturated carbocycles. The number of nitro benzene ring substituents is 1. The predicted octanol–water partition coefficient (Wildman–Crippen LogP) is 3.16. The van der Waals surface area contributed by atoms with E-state index in [0.717, 1.165) is 16.1 Å². The number of carbonyl (C=O) groups excluding carboxylic acids is 1. The molecule has 0 aliphatic heterocycles. The summed E-state index contributed by atoms with van der Waals surface area (Å²) in [7, 11) is -3.68. The minimum atomic E-state index is -3.68. The van der Waals surface area contributed by atoms with Gasteiger partial charge in [-0.15, -0.1) is 0 Å². The molecule has 1 N–H and O–H groups in total. The lowest BCUT2D eigenvalue weighted by molar-refractivity contribution is -0.384. The Morgan fingerprint density at radius 2 is 1.90 bits per heavy atom. The molecular weight excluding hydrogens is 401 g/mol. The van der Waals surface area contributed by atoms with Crippen LogP contribution in [0.2, 0.25) is 0 Å². The third-order valence-corrected chi connectivity index (χ3v) is 5.44. The molecule has 2 rings (SSSR count). The average molecular weight is 423 g/mol. The fourth-order valence-electron chi connectivity index (χ4n) is 2.78. The molecule has 10 heteroatoms. The molecule has 2 aromatic carbocycles. The van der Waals surface area contributed by atoms with Crippen LogP contribution >= 0.6 is 0 Å². The molecular formula is C19H22FN3O5S. The number of anilines is 1. The number of carbonyl (C=O) groups is 1. The van der Waals surface area contributed by atoms with Crippen LogP contribution in [0.1, 0.15) is 31.4 Å². The quantitative estimate of drug-likeness (QED) is 0.492. The van der Waals surface area contributed by atoms with Crippen molar-refractivity contribution in [2.45, 2.75) is 25.8 Å². The zero-order chi connectivity index (χ0) is 21.6.